The first-order chi connectivity index (χ1) is 9.06. The summed E-state index contributed by atoms with van der Waals surface area (Å²) in [5, 5.41) is 3.04. The Balaban J connectivity index is 2.44. The highest BCUT2D eigenvalue weighted by molar-refractivity contribution is 6.31. The van der Waals surface area contributed by atoms with E-state index in [9.17, 15) is 8.78 Å². The molecule has 4 heteroatoms. The van der Waals surface area contributed by atoms with Gasteiger partial charge in [0.1, 0.15) is 11.6 Å². The predicted octanol–water partition coefficient (Wildman–Crippen LogP) is 4.58. The Kier molecular flexibility index (Phi) is 7.32. The van der Waals surface area contributed by atoms with Crippen molar-refractivity contribution in [2.45, 2.75) is 39.0 Å². The molecule has 0 heterocycles. The van der Waals surface area contributed by atoms with E-state index in [0.717, 1.165) is 44.4 Å². The summed E-state index contributed by atoms with van der Waals surface area (Å²) in [6, 6.07) is 2.22. The third kappa shape index (κ3) is 5.45. The average Bonchev–Trinajstić information content (AvgIpc) is 2.39. The van der Waals surface area contributed by atoms with Gasteiger partial charge in [0.25, 0.3) is 0 Å². The Morgan fingerprint density at radius 3 is 2.53 bits per heavy atom. The molecule has 0 amide bonds. The van der Waals surface area contributed by atoms with Crippen molar-refractivity contribution in [3.63, 3.8) is 0 Å². The zero-order valence-electron chi connectivity index (χ0n) is 11.6. The fraction of sp³-hybridized carbons (Fsp3) is 0.600. The summed E-state index contributed by atoms with van der Waals surface area (Å²) in [4.78, 5) is 0. The van der Waals surface area contributed by atoms with Gasteiger partial charge in [-0.25, -0.2) is 8.78 Å². The predicted molar refractivity (Wildman–Crippen MR) is 76.6 cm³/mol. The minimum Gasteiger partial charge on any atom is -0.320 e. The van der Waals surface area contributed by atoms with Gasteiger partial charge >= 0.3 is 0 Å². The second-order valence-electron chi connectivity index (χ2n) is 5.08. The normalized spacial score (nSPS) is 12.7. The molecule has 108 valence electrons. The summed E-state index contributed by atoms with van der Waals surface area (Å²) in [6.07, 6.45) is 4.92. The van der Waals surface area contributed by atoms with Crippen molar-refractivity contribution in [2.24, 2.45) is 5.92 Å². The molecule has 1 aromatic rings. The number of hydrogen-bond donors (Lipinski definition) is 1. The summed E-state index contributed by atoms with van der Waals surface area (Å²) in [5.41, 5.74) is 0.310. The molecule has 0 aromatic heterocycles. The summed E-state index contributed by atoms with van der Waals surface area (Å²) in [5.74, 6) is -0.642. The van der Waals surface area contributed by atoms with Crippen molar-refractivity contribution in [3.05, 3.63) is 34.4 Å². The largest absolute Gasteiger partial charge is 0.320 e. The Hall–Kier alpha value is -0.670. The lowest BCUT2D eigenvalue weighted by atomic mass is 9.95. The molecule has 1 atom stereocenters. The summed E-state index contributed by atoms with van der Waals surface area (Å²) in [7, 11) is 1.94. The molecule has 1 N–H and O–H groups in total. The summed E-state index contributed by atoms with van der Waals surface area (Å²) < 4.78 is 26.9. The number of unbranched alkanes of at least 4 members (excludes halogenated alkanes) is 2. The standard InChI is InChI=1S/C15H22ClF2N/c1-11(6-4-3-5-9-19-2)10-12-13(17)7-8-14(18)15(12)16/h7-8,11,19H,3-6,9-10H2,1-2H3. The fourth-order valence-corrected chi connectivity index (χ4v) is 2.41. The first-order valence-corrected chi connectivity index (χ1v) is 7.21. The van der Waals surface area contributed by atoms with E-state index < -0.39 is 11.6 Å². The van der Waals surface area contributed by atoms with E-state index in [1.165, 1.54) is 0 Å². The van der Waals surface area contributed by atoms with Crippen molar-refractivity contribution >= 4 is 11.6 Å². The Labute approximate surface area is 119 Å². The maximum Gasteiger partial charge on any atom is 0.142 e. The fourth-order valence-electron chi connectivity index (χ4n) is 2.18. The van der Waals surface area contributed by atoms with Gasteiger partial charge in [-0.2, -0.15) is 0 Å². The molecule has 1 unspecified atom stereocenters. The van der Waals surface area contributed by atoms with Crippen LogP contribution in [-0.2, 0) is 6.42 Å². The van der Waals surface area contributed by atoms with Gasteiger partial charge in [0.2, 0.25) is 0 Å². The van der Waals surface area contributed by atoms with E-state index in [0.29, 0.717) is 17.9 Å². The number of hydrogen-bond acceptors (Lipinski definition) is 1. The topological polar surface area (TPSA) is 12.0 Å². The van der Waals surface area contributed by atoms with Gasteiger partial charge in [-0.15, -0.1) is 0 Å². The number of nitrogens with one attached hydrogen (secondary N) is 1. The van der Waals surface area contributed by atoms with Crippen molar-refractivity contribution in [2.75, 3.05) is 13.6 Å². The van der Waals surface area contributed by atoms with Crippen LogP contribution in [0.5, 0.6) is 0 Å². The Bertz CT molecular complexity index is 396. The Morgan fingerprint density at radius 2 is 1.84 bits per heavy atom. The lowest BCUT2D eigenvalue weighted by molar-refractivity contribution is 0.473. The van der Waals surface area contributed by atoms with E-state index in [1.807, 2.05) is 7.05 Å². The van der Waals surface area contributed by atoms with Crippen LogP contribution in [0, 0.1) is 17.6 Å². The highest BCUT2D eigenvalue weighted by atomic mass is 35.5. The molecule has 1 nitrogen and oxygen atoms in total. The van der Waals surface area contributed by atoms with Gasteiger partial charge in [-0.1, -0.05) is 37.8 Å². The van der Waals surface area contributed by atoms with Gasteiger partial charge in [0.05, 0.1) is 5.02 Å². The maximum atomic E-state index is 13.6. The van der Waals surface area contributed by atoms with E-state index in [-0.39, 0.29) is 5.02 Å². The molecule has 0 saturated carbocycles. The molecule has 1 aromatic carbocycles. The van der Waals surface area contributed by atoms with Crippen LogP contribution >= 0.6 is 11.6 Å². The quantitative estimate of drug-likeness (QED) is 0.546. The van der Waals surface area contributed by atoms with E-state index in [1.54, 1.807) is 0 Å². The lowest BCUT2D eigenvalue weighted by Crippen LogP contribution is -2.08. The second kappa shape index (κ2) is 8.49. The summed E-state index contributed by atoms with van der Waals surface area (Å²) >= 11 is 5.82. The van der Waals surface area contributed by atoms with Crippen LogP contribution in [0.1, 0.15) is 38.2 Å². The highest BCUT2D eigenvalue weighted by Crippen LogP contribution is 2.26. The molecule has 0 aliphatic carbocycles. The van der Waals surface area contributed by atoms with Crippen LogP contribution in [0.15, 0.2) is 12.1 Å². The van der Waals surface area contributed by atoms with Gasteiger partial charge in [0, 0.05) is 5.56 Å². The van der Waals surface area contributed by atoms with Gasteiger partial charge < -0.3 is 5.32 Å². The maximum absolute atomic E-state index is 13.6. The summed E-state index contributed by atoms with van der Waals surface area (Å²) in [6.45, 7) is 3.08. The number of benzene rings is 1. The molecule has 0 aliphatic rings. The molecule has 0 aliphatic heterocycles. The molecule has 1 rings (SSSR count). The third-order valence-electron chi connectivity index (χ3n) is 3.32. The first kappa shape index (κ1) is 16.4. The minimum atomic E-state index is -0.542. The highest BCUT2D eigenvalue weighted by Gasteiger charge is 2.14. The molecular weight excluding hydrogens is 268 g/mol. The molecular formula is C15H22ClF2N. The Morgan fingerprint density at radius 1 is 1.16 bits per heavy atom. The number of halogens is 3. The van der Waals surface area contributed by atoms with Crippen molar-refractivity contribution in [1.82, 2.24) is 5.32 Å². The van der Waals surface area contributed by atoms with Crippen molar-refractivity contribution in [1.29, 1.82) is 0 Å². The number of rotatable bonds is 8. The molecule has 19 heavy (non-hydrogen) atoms. The van der Waals surface area contributed by atoms with Crippen LogP contribution in [0.4, 0.5) is 8.78 Å². The van der Waals surface area contributed by atoms with Crippen LogP contribution in [0.2, 0.25) is 5.02 Å². The minimum absolute atomic E-state index is 0.0676. The first-order valence-electron chi connectivity index (χ1n) is 6.83. The molecule has 0 saturated heterocycles. The van der Waals surface area contributed by atoms with Crippen LogP contribution < -0.4 is 5.32 Å². The molecule has 0 fully saturated rings. The van der Waals surface area contributed by atoms with E-state index in [4.69, 9.17) is 11.6 Å². The third-order valence-corrected chi connectivity index (χ3v) is 3.72. The zero-order valence-corrected chi connectivity index (χ0v) is 12.4. The SMILES string of the molecule is CNCCCCCC(C)Cc1c(F)ccc(F)c1Cl. The van der Waals surface area contributed by atoms with E-state index in [2.05, 4.69) is 12.2 Å². The van der Waals surface area contributed by atoms with Crippen molar-refractivity contribution in [3.8, 4) is 0 Å². The van der Waals surface area contributed by atoms with Crippen LogP contribution in [-0.4, -0.2) is 13.6 Å². The van der Waals surface area contributed by atoms with E-state index >= 15 is 0 Å². The molecule has 0 radical (unpaired) electrons. The second-order valence-corrected chi connectivity index (χ2v) is 5.46. The van der Waals surface area contributed by atoms with Crippen molar-refractivity contribution < 1.29 is 8.78 Å². The van der Waals surface area contributed by atoms with Crippen LogP contribution in [0.3, 0.4) is 0 Å². The van der Waals surface area contributed by atoms with Gasteiger partial charge in [0.15, 0.2) is 0 Å². The average molecular weight is 290 g/mol. The zero-order chi connectivity index (χ0) is 14.3. The lowest BCUT2D eigenvalue weighted by Gasteiger charge is -2.13. The van der Waals surface area contributed by atoms with Gasteiger partial charge in [-0.05, 0) is 44.5 Å². The smallest absolute Gasteiger partial charge is 0.142 e. The van der Waals surface area contributed by atoms with Gasteiger partial charge in [-0.3, -0.25) is 0 Å². The monoisotopic (exact) mass is 289 g/mol. The molecule has 0 spiro atoms. The van der Waals surface area contributed by atoms with Crippen LogP contribution in [0.25, 0.3) is 0 Å². The molecule has 0 bridgehead atoms.